The maximum Gasteiger partial charge on any atom is 0.251 e. The standard InChI is InChI=1S/C35H42N8O4/c1-25-8-10-26(11-9-25)23-40-35-42-33(37-15-14-28-24-39-31-13-12-29(45-2)22-30(28)31)41-34(43-35)38-17-19-47-21-20-46-18-16-36-32(44)27-6-4-3-5-7-27/h3-13,22,24,39H,14-21,23H2,1-2H3,(H,36,44)(H3,37,38,40,41,42,43). The second-order valence-corrected chi connectivity index (χ2v) is 10.8. The van der Waals surface area contributed by atoms with Crippen LogP contribution in [0.2, 0.25) is 0 Å². The first-order chi connectivity index (χ1) is 23.1. The highest BCUT2D eigenvalue weighted by Gasteiger charge is 2.09. The predicted molar refractivity (Wildman–Crippen MR) is 184 cm³/mol. The van der Waals surface area contributed by atoms with Crippen LogP contribution in [0.25, 0.3) is 10.9 Å². The lowest BCUT2D eigenvalue weighted by Gasteiger charge is -2.12. The van der Waals surface area contributed by atoms with Crippen molar-refractivity contribution < 1.29 is 19.0 Å². The van der Waals surface area contributed by atoms with Gasteiger partial charge in [0.15, 0.2) is 0 Å². The third kappa shape index (κ3) is 10.4. The van der Waals surface area contributed by atoms with Crippen LogP contribution in [0.1, 0.15) is 27.0 Å². The van der Waals surface area contributed by atoms with Crippen molar-refractivity contribution in [3.05, 3.63) is 101 Å². The highest BCUT2D eigenvalue weighted by atomic mass is 16.5. The van der Waals surface area contributed by atoms with Gasteiger partial charge in [0.2, 0.25) is 17.8 Å². The molecule has 0 aliphatic heterocycles. The van der Waals surface area contributed by atoms with Crippen molar-refractivity contribution in [2.75, 3.05) is 69.1 Å². The number of hydrogen-bond donors (Lipinski definition) is 5. The van der Waals surface area contributed by atoms with E-state index in [9.17, 15) is 4.79 Å². The first-order valence-corrected chi connectivity index (χ1v) is 15.7. The lowest BCUT2D eigenvalue weighted by molar-refractivity contribution is 0.0519. The molecule has 47 heavy (non-hydrogen) atoms. The van der Waals surface area contributed by atoms with Gasteiger partial charge >= 0.3 is 0 Å². The minimum absolute atomic E-state index is 0.114. The van der Waals surface area contributed by atoms with Crippen molar-refractivity contribution >= 4 is 34.7 Å². The number of carbonyl (C=O) groups excluding carboxylic acids is 1. The van der Waals surface area contributed by atoms with Gasteiger partial charge in [-0.1, -0.05) is 48.0 Å². The average molecular weight is 639 g/mol. The summed E-state index contributed by atoms with van der Waals surface area (Å²) in [6.07, 6.45) is 2.79. The van der Waals surface area contributed by atoms with Crippen molar-refractivity contribution in [1.29, 1.82) is 0 Å². The molecule has 0 saturated carbocycles. The Morgan fingerprint density at radius 3 is 2.17 bits per heavy atom. The van der Waals surface area contributed by atoms with Crippen LogP contribution < -0.4 is 26.0 Å². The number of ether oxygens (including phenoxy) is 3. The van der Waals surface area contributed by atoms with E-state index in [1.54, 1.807) is 19.2 Å². The Morgan fingerprint density at radius 2 is 1.45 bits per heavy atom. The summed E-state index contributed by atoms with van der Waals surface area (Å²) in [6.45, 7) is 5.93. The van der Waals surface area contributed by atoms with Crippen LogP contribution in [0.4, 0.5) is 17.8 Å². The molecule has 0 saturated heterocycles. The number of carbonyl (C=O) groups is 1. The zero-order chi connectivity index (χ0) is 32.7. The van der Waals surface area contributed by atoms with E-state index < -0.39 is 0 Å². The van der Waals surface area contributed by atoms with Gasteiger partial charge in [0.05, 0.1) is 33.5 Å². The second kappa shape index (κ2) is 17.5. The summed E-state index contributed by atoms with van der Waals surface area (Å²) in [4.78, 5) is 29.1. The van der Waals surface area contributed by atoms with Gasteiger partial charge in [-0.3, -0.25) is 4.79 Å². The number of methoxy groups -OCH3 is 1. The molecule has 0 spiro atoms. The number of benzene rings is 3. The molecule has 2 aromatic heterocycles. The van der Waals surface area contributed by atoms with E-state index in [2.05, 4.69) is 72.4 Å². The molecule has 0 radical (unpaired) electrons. The van der Waals surface area contributed by atoms with E-state index in [0.29, 0.717) is 76.0 Å². The Hall–Kier alpha value is -5.20. The molecule has 0 fully saturated rings. The minimum atomic E-state index is -0.114. The molecule has 246 valence electrons. The first-order valence-electron chi connectivity index (χ1n) is 15.7. The summed E-state index contributed by atoms with van der Waals surface area (Å²) in [5.74, 6) is 2.10. The van der Waals surface area contributed by atoms with Gasteiger partial charge < -0.3 is 40.5 Å². The molecule has 2 heterocycles. The van der Waals surface area contributed by atoms with Crippen molar-refractivity contribution in [1.82, 2.24) is 25.3 Å². The first kappa shape index (κ1) is 33.2. The van der Waals surface area contributed by atoms with Gasteiger partial charge in [-0.15, -0.1) is 0 Å². The van der Waals surface area contributed by atoms with Gasteiger partial charge in [0, 0.05) is 48.8 Å². The smallest absolute Gasteiger partial charge is 0.251 e. The number of rotatable bonds is 19. The summed E-state index contributed by atoms with van der Waals surface area (Å²) in [7, 11) is 1.67. The Kier molecular flexibility index (Phi) is 12.3. The van der Waals surface area contributed by atoms with Crippen LogP contribution in [0, 0.1) is 6.92 Å². The quantitative estimate of drug-likeness (QED) is 0.0799. The highest BCUT2D eigenvalue weighted by molar-refractivity contribution is 5.94. The third-order valence-electron chi connectivity index (χ3n) is 7.33. The van der Waals surface area contributed by atoms with Crippen molar-refractivity contribution in [2.45, 2.75) is 19.9 Å². The minimum Gasteiger partial charge on any atom is -0.497 e. The van der Waals surface area contributed by atoms with Crippen molar-refractivity contribution in [3.8, 4) is 5.75 Å². The maximum atomic E-state index is 12.1. The van der Waals surface area contributed by atoms with Gasteiger partial charge in [0.1, 0.15) is 5.75 Å². The van der Waals surface area contributed by atoms with Crippen LogP contribution in [-0.2, 0) is 22.4 Å². The largest absolute Gasteiger partial charge is 0.497 e. The van der Waals surface area contributed by atoms with Gasteiger partial charge in [-0.05, 0) is 54.8 Å². The number of aromatic amines is 1. The van der Waals surface area contributed by atoms with Crippen LogP contribution >= 0.6 is 0 Å². The Balaban J connectivity index is 1.07. The van der Waals surface area contributed by atoms with E-state index in [1.165, 1.54) is 11.1 Å². The lowest BCUT2D eigenvalue weighted by Crippen LogP contribution is -2.27. The Labute approximate surface area is 274 Å². The molecule has 0 atom stereocenters. The number of H-pyrrole nitrogens is 1. The highest BCUT2D eigenvalue weighted by Crippen LogP contribution is 2.24. The number of fused-ring (bicyclic) bond motifs is 1. The van der Waals surface area contributed by atoms with E-state index in [0.717, 1.165) is 28.6 Å². The predicted octanol–water partition coefficient (Wildman–Crippen LogP) is 4.81. The number of anilines is 3. The lowest BCUT2D eigenvalue weighted by atomic mass is 10.1. The maximum absolute atomic E-state index is 12.1. The molecule has 0 bridgehead atoms. The molecular weight excluding hydrogens is 596 g/mol. The molecule has 5 aromatic rings. The molecule has 1 amide bonds. The van der Waals surface area contributed by atoms with Crippen LogP contribution in [-0.4, -0.2) is 79.0 Å². The molecule has 0 aliphatic carbocycles. The molecule has 12 nitrogen and oxygen atoms in total. The number of hydrogen-bond acceptors (Lipinski definition) is 10. The van der Waals surface area contributed by atoms with E-state index in [1.807, 2.05) is 42.6 Å². The number of aryl methyl sites for hydroxylation is 1. The van der Waals surface area contributed by atoms with Crippen molar-refractivity contribution in [2.24, 2.45) is 0 Å². The molecular formula is C35H42N8O4. The normalized spacial score (nSPS) is 10.9. The van der Waals surface area contributed by atoms with Gasteiger partial charge in [0.25, 0.3) is 5.91 Å². The zero-order valence-corrected chi connectivity index (χ0v) is 26.8. The average Bonchev–Trinajstić information content (AvgIpc) is 3.51. The van der Waals surface area contributed by atoms with Crippen LogP contribution in [0.15, 0.2) is 79.0 Å². The summed E-state index contributed by atoms with van der Waals surface area (Å²) in [6, 6.07) is 23.4. The molecule has 3 aromatic carbocycles. The Bertz CT molecular complexity index is 1700. The SMILES string of the molecule is COc1ccc2[nH]cc(CCNc3nc(NCCOCCOCCNC(=O)c4ccccc4)nc(NCc4ccc(C)cc4)n3)c2c1. The summed E-state index contributed by atoms with van der Waals surface area (Å²) < 4.78 is 16.7. The molecule has 5 rings (SSSR count). The van der Waals surface area contributed by atoms with E-state index in [-0.39, 0.29) is 5.91 Å². The molecule has 5 N–H and O–H groups in total. The fourth-order valence-electron chi connectivity index (χ4n) is 4.79. The summed E-state index contributed by atoms with van der Waals surface area (Å²) in [5.41, 5.74) is 5.21. The van der Waals surface area contributed by atoms with E-state index >= 15 is 0 Å². The second-order valence-electron chi connectivity index (χ2n) is 10.8. The van der Waals surface area contributed by atoms with Crippen molar-refractivity contribution in [3.63, 3.8) is 0 Å². The summed E-state index contributed by atoms with van der Waals surface area (Å²) >= 11 is 0. The monoisotopic (exact) mass is 638 g/mol. The Morgan fingerprint density at radius 1 is 0.766 bits per heavy atom. The number of amides is 1. The third-order valence-corrected chi connectivity index (χ3v) is 7.33. The van der Waals surface area contributed by atoms with E-state index in [4.69, 9.17) is 14.2 Å². The molecule has 0 unspecified atom stereocenters. The number of nitrogens with zero attached hydrogens (tertiary/aromatic N) is 3. The van der Waals surface area contributed by atoms with Crippen LogP contribution in [0.5, 0.6) is 5.75 Å². The summed E-state index contributed by atoms with van der Waals surface area (Å²) in [5, 5.41) is 13.9. The molecule has 0 aliphatic rings. The fourth-order valence-corrected chi connectivity index (χ4v) is 4.79. The zero-order valence-electron chi connectivity index (χ0n) is 26.8. The topological polar surface area (TPSA) is 147 Å². The van der Waals surface area contributed by atoms with Crippen LogP contribution in [0.3, 0.4) is 0 Å². The van der Waals surface area contributed by atoms with Gasteiger partial charge in [-0.25, -0.2) is 0 Å². The number of aromatic nitrogens is 4. The number of nitrogens with one attached hydrogen (secondary N) is 5. The molecule has 12 heteroatoms. The fraction of sp³-hybridized carbons (Fsp3) is 0.314. The van der Waals surface area contributed by atoms with Gasteiger partial charge in [-0.2, -0.15) is 15.0 Å².